The monoisotopic (exact) mass is 180 g/mol. The fraction of sp³-hybridized carbons (Fsp3) is 0.222. The van der Waals surface area contributed by atoms with Crippen LogP contribution in [0.2, 0.25) is 0 Å². The molecule has 0 heterocycles. The van der Waals surface area contributed by atoms with Gasteiger partial charge in [0.25, 0.3) is 0 Å². The van der Waals surface area contributed by atoms with Crippen LogP contribution < -0.4 is 10.6 Å². The van der Waals surface area contributed by atoms with Crippen LogP contribution in [0, 0.1) is 0 Å². The molecule has 0 bridgehead atoms. The molecule has 1 aliphatic rings. The van der Waals surface area contributed by atoms with Crippen molar-refractivity contribution in [1.29, 1.82) is 0 Å². The summed E-state index contributed by atoms with van der Waals surface area (Å²) in [6, 6.07) is 0. The van der Waals surface area contributed by atoms with Crippen molar-refractivity contribution in [3.63, 3.8) is 0 Å². The van der Waals surface area contributed by atoms with Gasteiger partial charge in [-0.05, 0) is 24.7 Å². The lowest BCUT2D eigenvalue weighted by Gasteiger charge is -2.11. The minimum Gasteiger partial charge on any atom is -0.366 e. The van der Waals surface area contributed by atoms with Gasteiger partial charge in [0.15, 0.2) is 5.11 Å². The van der Waals surface area contributed by atoms with Crippen molar-refractivity contribution in [3.05, 3.63) is 36.1 Å². The molecule has 0 aliphatic heterocycles. The summed E-state index contributed by atoms with van der Waals surface area (Å²) >= 11 is 4.95. The van der Waals surface area contributed by atoms with E-state index in [-0.39, 0.29) is 0 Å². The van der Waals surface area contributed by atoms with E-state index >= 15 is 0 Å². The van der Waals surface area contributed by atoms with Gasteiger partial charge in [-0.25, -0.2) is 0 Å². The molecule has 0 spiro atoms. The molecule has 1 rings (SSSR count). The molecule has 0 unspecified atom stereocenters. The molecular formula is C9H12N2S. The van der Waals surface area contributed by atoms with Gasteiger partial charge >= 0.3 is 0 Å². The molecule has 0 saturated carbocycles. The Morgan fingerprint density at radius 3 is 2.83 bits per heavy atom. The number of nitrogens with one attached hydrogen (secondary N) is 2. The number of rotatable bonds is 1. The fourth-order valence-corrected chi connectivity index (χ4v) is 0.989. The summed E-state index contributed by atoms with van der Waals surface area (Å²) in [7, 11) is 1.79. The first-order valence-electron chi connectivity index (χ1n) is 3.77. The van der Waals surface area contributed by atoms with E-state index in [1.54, 1.807) is 7.05 Å². The van der Waals surface area contributed by atoms with Crippen molar-refractivity contribution in [2.24, 2.45) is 0 Å². The SMILES string of the molecule is C=C1C=CC(NC(=S)NC)=CC1. The highest BCUT2D eigenvalue weighted by atomic mass is 32.1. The van der Waals surface area contributed by atoms with Crippen molar-refractivity contribution in [3.8, 4) is 0 Å². The number of thiocarbonyl (C=S) groups is 1. The number of hydrogen-bond acceptors (Lipinski definition) is 1. The molecule has 0 atom stereocenters. The van der Waals surface area contributed by atoms with E-state index in [0.717, 1.165) is 17.7 Å². The van der Waals surface area contributed by atoms with Gasteiger partial charge in [-0.3, -0.25) is 0 Å². The number of hydrogen-bond donors (Lipinski definition) is 2. The summed E-state index contributed by atoms with van der Waals surface area (Å²) in [6.45, 7) is 3.84. The molecular weight excluding hydrogens is 168 g/mol. The molecule has 12 heavy (non-hydrogen) atoms. The largest absolute Gasteiger partial charge is 0.366 e. The van der Waals surface area contributed by atoms with Crippen LogP contribution in [0.15, 0.2) is 36.1 Å². The summed E-state index contributed by atoms with van der Waals surface area (Å²) in [5.74, 6) is 0. The second kappa shape index (κ2) is 4.07. The van der Waals surface area contributed by atoms with E-state index in [1.807, 2.05) is 12.2 Å². The van der Waals surface area contributed by atoms with Crippen LogP contribution in [0.3, 0.4) is 0 Å². The quantitative estimate of drug-likeness (QED) is 0.598. The summed E-state index contributed by atoms with van der Waals surface area (Å²) in [5, 5.41) is 6.53. The van der Waals surface area contributed by atoms with Crippen LogP contribution in [0.1, 0.15) is 6.42 Å². The second-order valence-corrected chi connectivity index (χ2v) is 2.97. The Bertz CT molecular complexity index is 264. The highest BCUT2D eigenvalue weighted by molar-refractivity contribution is 7.80. The van der Waals surface area contributed by atoms with E-state index in [9.17, 15) is 0 Å². The Labute approximate surface area is 78.0 Å². The molecule has 2 nitrogen and oxygen atoms in total. The molecule has 0 fully saturated rings. The van der Waals surface area contributed by atoms with E-state index in [2.05, 4.69) is 23.3 Å². The Hall–Kier alpha value is -1.09. The van der Waals surface area contributed by atoms with Crippen LogP contribution in [0.25, 0.3) is 0 Å². The molecule has 1 aliphatic carbocycles. The first-order valence-corrected chi connectivity index (χ1v) is 4.18. The third-order valence-corrected chi connectivity index (χ3v) is 1.87. The molecule has 0 saturated heterocycles. The Morgan fingerprint density at radius 1 is 1.58 bits per heavy atom. The molecule has 64 valence electrons. The highest BCUT2D eigenvalue weighted by Crippen LogP contribution is 2.10. The van der Waals surface area contributed by atoms with Crippen LogP contribution in [-0.4, -0.2) is 12.2 Å². The molecule has 0 aromatic carbocycles. The maximum Gasteiger partial charge on any atom is 0.170 e. The van der Waals surface area contributed by atoms with Gasteiger partial charge in [0.1, 0.15) is 0 Å². The fourth-order valence-electron chi connectivity index (χ4n) is 0.871. The minimum absolute atomic E-state index is 0.637. The van der Waals surface area contributed by atoms with Crippen molar-refractivity contribution in [1.82, 2.24) is 10.6 Å². The Balaban J connectivity index is 2.50. The molecule has 0 aromatic rings. The van der Waals surface area contributed by atoms with E-state index in [4.69, 9.17) is 12.2 Å². The Morgan fingerprint density at radius 2 is 2.33 bits per heavy atom. The van der Waals surface area contributed by atoms with E-state index < -0.39 is 0 Å². The lowest BCUT2D eigenvalue weighted by molar-refractivity contribution is 1.05. The smallest absolute Gasteiger partial charge is 0.170 e. The zero-order chi connectivity index (χ0) is 8.97. The van der Waals surface area contributed by atoms with Gasteiger partial charge in [-0.2, -0.15) is 0 Å². The van der Waals surface area contributed by atoms with Crippen molar-refractivity contribution >= 4 is 17.3 Å². The lowest BCUT2D eigenvalue weighted by Crippen LogP contribution is -2.31. The van der Waals surface area contributed by atoms with Crippen LogP contribution in [0.4, 0.5) is 0 Å². The maximum atomic E-state index is 4.95. The van der Waals surface area contributed by atoms with Crippen molar-refractivity contribution in [2.45, 2.75) is 6.42 Å². The molecule has 3 heteroatoms. The molecule has 2 N–H and O–H groups in total. The van der Waals surface area contributed by atoms with Crippen LogP contribution in [-0.2, 0) is 0 Å². The van der Waals surface area contributed by atoms with Crippen LogP contribution in [0.5, 0.6) is 0 Å². The standard InChI is InChI=1S/C9H12N2S/c1-7-3-5-8(6-4-7)11-9(12)10-2/h3,5-6H,1,4H2,2H3,(H2,10,11,12). The van der Waals surface area contributed by atoms with Gasteiger partial charge in [0.2, 0.25) is 0 Å². The highest BCUT2D eigenvalue weighted by Gasteiger charge is 1.99. The second-order valence-electron chi connectivity index (χ2n) is 2.56. The summed E-state index contributed by atoms with van der Waals surface area (Å²) in [4.78, 5) is 0. The zero-order valence-electron chi connectivity index (χ0n) is 7.05. The minimum atomic E-state index is 0.637. The number of allylic oxidation sites excluding steroid dienone is 4. The Kier molecular flexibility index (Phi) is 3.05. The topological polar surface area (TPSA) is 24.1 Å². The summed E-state index contributed by atoms with van der Waals surface area (Å²) in [5.41, 5.74) is 2.15. The summed E-state index contributed by atoms with van der Waals surface area (Å²) in [6.07, 6.45) is 6.91. The predicted octanol–water partition coefficient (Wildman–Crippen LogP) is 1.48. The van der Waals surface area contributed by atoms with E-state index in [1.165, 1.54) is 0 Å². The third-order valence-electron chi connectivity index (χ3n) is 1.57. The normalized spacial score (nSPS) is 15.4. The average Bonchev–Trinajstić information content (AvgIpc) is 2.09. The first-order chi connectivity index (χ1) is 5.72. The van der Waals surface area contributed by atoms with Gasteiger partial charge < -0.3 is 10.6 Å². The zero-order valence-corrected chi connectivity index (χ0v) is 7.87. The van der Waals surface area contributed by atoms with Crippen molar-refractivity contribution in [2.75, 3.05) is 7.05 Å². The molecule has 0 amide bonds. The average molecular weight is 180 g/mol. The maximum absolute atomic E-state index is 4.95. The summed E-state index contributed by atoms with van der Waals surface area (Å²) < 4.78 is 0. The van der Waals surface area contributed by atoms with E-state index in [0.29, 0.717) is 5.11 Å². The predicted molar refractivity (Wildman–Crippen MR) is 55.8 cm³/mol. The molecule has 0 aromatic heterocycles. The van der Waals surface area contributed by atoms with Gasteiger partial charge in [-0.15, -0.1) is 0 Å². The van der Waals surface area contributed by atoms with Crippen molar-refractivity contribution < 1.29 is 0 Å². The lowest BCUT2D eigenvalue weighted by atomic mass is 10.1. The van der Waals surface area contributed by atoms with Gasteiger partial charge in [0.05, 0.1) is 0 Å². The van der Waals surface area contributed by atoms with Gasteiger partial charge in [-0.1, -0.05) is 24.3 Å². The third kappa shape index (κ3) is 2.51. The first kappa shape index (κ1) is 9.00. The molecule has 0 radical (unpaired) electrons. The van der Waals surface area contributed by atoms with Gasteiger partial charge in [0, 0.05) is 12.7 Å². The van der Waals surface area contributed by atoms with Crippen LogP contribution >= 0.6 is 12.2 Å².